The molecule has 4 N–H and O–H groups in total. The van der Waals surface area contributed by atoms with Gasteiger partial charge in [-0.15, -0.1) is 0 Å². The van der Waals surface area contributed by atoms with Gasteiger partial charge < -0.3 is 21.1 Å². The molecule has 0 bridgehead atoms. The van der Waals surface area contributed by atoms with E-state index in [2.05, 4.69) is 16.0 Å². The van der Waals surface area contributed by atoms with Gasteiger partial charge in [0.05, 0.1) is 0 Å². The highest BCUT2D eigenvalue weighted by Crippen LogP contribution is 2.12. The normalized spacial score (nSPS) is 11.7. The maximum atomic E-state index is 11.7. The van der Waals surface area contributed by atoms with Gasteiger partial charge in [-0.3, -0.25) is 0 Å². The van der Waals surface area contributed by atoms with Crippen molar-refractivity contribution in [3.8, 4) is 0 Å². The molecule has 0 saturated carbocycles. The Labute approximate surface area is 118 Å². The first kappa shape index (κ1) is 16.0. The number of hydrogen-bond donors (Lipinski definition) is 4. The molecule has 0 unspecified atom stereocenters. The monoisotopic (exact) mass is 279 g/mol. The second kappa shape index (κ2) is 8.92. The molecule has 0 aliphatic carbocycles. The molecule has 0 heterocycles. The predicted molar refractivity (Wildman–Crippen MR) is 76.5 cm³/mol. The van der Waals surface area contributed by atoms with Gasteiger partial charge in [-0.2, -0.15) is 0 Å². The summed E-state index contributed by atoms with van der Waals surface area (Å²) in [6, 6.07) is 7.10. The predicted octanol–water partition coefficient (Wildman–Crippen LogP) is 1.11. The molecule has 6 nitrogen and oxygen atoms in total. The number of hydrogen-bond acceptors (Lipinski definition) is 3. The van der Waals surface area contributed by atoms with Crippen LogP contribution >= 0.6 is 0 Å². The van der Waals surface area contributed by atoms with Crippen LogP contribution in [-0.2, 0) is 4.79 Å². The summed E-state index contributed by atoms with van der Waals surface area (Å²) >= 11 is 0. The Morgan fingerprint density at radius 3 is 2.50 bits per heavy atom. The van der Waals surface area contributed by atoms with E-state index >= 15 is 0 Å². The van der Waals surface area contributed by atoms with E-state index in [0.717, 1.165) is 19.5 Å². The van der Waals surface area contributed by atoms with Gasteiger partial charge in [0.15, 0.2) is 6.04 Å². The van der Waals surface area contributed by atoms with E-state index in [1.165, 1.54) is 0 Å². The van der Waals surface area contributed by atoms with Gasteiger partial charge in [0, 0.05) is 6.54 Å². The van der Waals surface area contributed by atoms with Crippen molar-refractivity contribution in [2.75, 3.05) is 19.6 Å². The van der Waals surface area contributed by atoms with Crippen LogP contribution in [0.1, 0.15) is 24.9 Å². The molecule has 1 aromatic carbocycles. The van der Waals surface area contributed by atoms with Gasteiger partial charge in [0.1, 0.15) is 0 Å². The van der Waals surface area contributed by atoms with Crippen LogP contribution in [0.3, 0.4) is 0 Å². The Balaban J connectivity index is 2.43. The Morgan fingerprint density at radius 2 is 1.90 bits per heavy atom. The van der Waals surface area contributed by atoms with Crippen molar-refractivity contribution in [3.05, 3.63) is 35.9 Å². The molecule has 0 aliphatic rings. The Kier molecular flexibility index (Phi) is 7.13. The fourth-order valence-electron chi connectivity index (χ4n) is 1.71. The molecular weight excluding hydrogens is 258 g/mol. The van der Waals surface area contributed by atoms with Crippen molar-refractivity contribution < 1.29 is 14.7 Å². The van der Waals surface area contributed by atoms with Crippen LogP contribution in [0.4, 0.5) is 4.79 Å². The molecule has 0 aromatic heterocycles. The Hall–Kier alpha value is -2.08. The zero-order valence-corrected chi connectivity index (χ0v) is 11.6. The summed E-state index contributed by atoms with van der Waals surface area (Å²) in [5, 5.41) is 17.4. The third-order valence-corrected chi connectivity index (χ3v) is 2.72. The summed E-state index contributed by atoms with van der Waals surface area (Å²) < 4.78 is 0. The van der Waals surface area contributed by atoms with E-state index in [9.17, 15) is 9.59 Å². The summed E-state index contributed by atoms with van der Waals surface area (Å²) in [6.07, 6.45) is 0.796. The summed E-state index contributed by atoms with van der Waals surface area (Å²) in [5.41, 5.74) is 0.544. The maximum Gasteiger partial charge on any atom is 0.330 e. The average Bonchev–Trinajstić information content (AvgIpc) is 2.45. The number of benzene rings is 1. The Bertz CT molecular complexity index is 423. The van der Waals surface area contributed by atoms with Crippen molar-refractivity contribution in [3.63, 3.8) is 0 Å². The number of aliphatic carboxylic acids is 1. The lowest BCUT2D eigenvalue weighted by molar-refractivity contribution is -0.139. The molecule has 0 aliphatic heterocycles. The highest BCUT2D eigenvalue weighted by atomic mass is 16.4. The van der Waals surface area contributed by atoms with Gasteiger partial charge in [-0.25, -0.2) is 9.59 Å². The third-order valence-electron chi connectivity index (χ3n) is 2.72. The van der Waals surface area contributed by atoms with E-state index in [-0.39, 0.29) is 0 Å². The molecular formula is C14H21N3O3. The zero-order valence-electron chi connectivity index (χ0n) is 11.6. The largest absolute Gasteiger partial charge is 0.479 e. The minimum atomic E-state index is -1.08. The van der Waals surface area contributed by atoms with Gasteiger partial charge in [0.2, 0.25) is 0 Å². The lowest BCUT2D eigenvalue weighted by Crippen LogP contribution is -2.41. The molecule has 0 fully saturated rings. The molecule has 1 atom stereocenters. The fraction of sp³-hybridized carbons (Fsp3) is 0.429. The number of rotatable bonds is 8. The van der Waals surface area contributed by atoms with Crippen molar-refractivity contribution in [1.29, 1.82) is 0 Å². The topological polar surface area (TPSA) is 90.5 Å². The van der Waals surface area contributed by atoms with Gasteiger partial charge in [-0.1, -0.05) is 37.3 Å². The van der Waals surface area contributed by atoms with Gasteiger partial charge in [0.25, 0.3) is 0 Å². The molecule has 1 rings (SSSR count). The number of carboxylic acid groups (broad SMARTS) is 1. The SMILES string of the molecule is CCNCCCNC(=O)N[C@@H](C(=O)O)c1ccccc1. The van der Waals surface area contributed by atoms with Gasteiger partial charge >= 0.3 is 12.0 Å². The quantitative estimate of drug-likeness (QED) is 0.537. The van der Waals surface area contributed by atoms with E-state index in [1.807, 2.05) is 6.92 Å². The van der Waals surface area contributed by atoms with Crippen LogP contribution in [0, 0.1) is 0 Å². The van der Waals surface area contributed by atoms with Gasteiger partial charge in [-0.05, 0) is 25.1 Å². The number of nitrogens with one attached hydrogen (secondary N) is 3. The number of carboxylic acids is 1. The molecule has 0 spiro atoms. The number of carbonyl (C=O) groups excluding carboxylic acids is 1. The van der Waals surface area contributed by atoms with Crippen LogP contribution in [0.25, 0.3) is 0 Å². The van der Waals surface area contributed by atoms with Crippen molar-refractivity contribution >= 4 is 12.0 Å². The summed E-state index contributed by atoms with van der Waals surface area (Å²) in [4.78, 5) is 22.9. The molecule has 110 valence electrons. The summed E-state index contributed by atoms with van der Waals surface area (Å²) in [5.74, 6) is -1.08. The average molecular weight is 279 g/mol. The second-order valence-corrected chi connectivity index (χ2v) is 4.29. The van der Waals surface area contributed by atoms with Crippen molar-refractivity contribution in [2.24, 2.45) is 0 Å². The maximum absolute atomic E-state index is 11.7. The summed E-state index contributed by atoms with van der Waals surface area (Å²) in [6.45, 7) is 4.22. The lowest BCUT2D eigenvalue weighted by atomic mass is 10.1. The van der Waals surface area contributed by atoms with Crippen molar-refractivity contribution in [1.82, 2.24) is 16.0 Å². The molecule has 0 radical (unpaired) electrons. The highest BCUT2D eigenvalue weighted by molar-refractivity contribution is 5.83. The summed E-state index contributed by atoms with van der Waals surface area (Å²) in [7, 11) is 0. The standard InChI is InChI=1S/C14H21N3O3/c1-2-15-9-6-10-16-14(20)17-12(13(18)19)11-7-4-3-5-8-11/h3-5,7-8,12,15H,2,6,9-10H2,1H3,(H,18,19)(H2,16,17,20)/t12-/m1/s1. The minimum absolute atomic E-state index is 0.474. The number of amides is 2. The van der Waals surface area contributed by atoms with Crippen molar-refractivity contribution in [2.45, 2.75) is 19.4 Å². The van der Waals surface area contributed by atoms with Crippen LogP contribution in [-0.4, -0.2) is 36.7 Å². The van der Waals surface area contributed by atoms with E-state index < -0.39 is 18.0 Å². The molecule has 1 aromatic rings. The molecule has 6 heteroatoms. The minimum Gasteiger partial charge on any atom is -0.479 e. The zero-order chi connectivity index (χ0) is 14.8. The van der Waals surface area contributed by atoms with E-state index in [0.29, 0.717) is 12.1 Å². The first-order valence-electron chi connectivity index (χ1n) is 6.68. The van der Waals surface area contributed by atoms with Crippen LogP contribution in [0.2, 0.25) is 0 Å². The molecule has 20 heavy (non-hydrogen) atoms. The molecule has 2 amide bonds. The third kappa shape index (κ3) is 5.71. The first-order chi connectivity index (χ1) is 9.65. The highest BCUT2D eigenvalue weighted by Gasteiger charge is 2.21. The second-order valence-electron chi connectivity index (χ2n) is 4.29. The molecule has 0 saturated heterocycles. The van der Waals surface area contributed by atoms with Crippen LogP contribution < -0.4 is 16.0 Å². The Morgan fingerprint density at radius 1 is 1.20 bits per heavy atom. The first-order valence-corrected chi connectivity index (χ1v) is 6.68. The smallest absolute Gasteiger partial charge is 0.330 e. The number of carbonyl (C=O) groups is 2. The van der Waals surface area contributed by atoms with Crippen LogP contribution in [0.5, 0.6) is 0 Å². The lowest BCUT2D eigenvalue weighted by Gasteiger charge is -2.15. The van der Waals surface area contributed by atoms with E-state index in [1.54, 1.807) is 30.3 Å². The number of urea groups is 1. The fourth-order valence-corrected chi connectivity index (χ4v) is 1.71. The van der Waals surface area contributed by atoms with E-state index in [4.69, 9.17) is 5.11 Å². The van der Waals surface area contributed by atoms with Crippen LogP contribution in [0.15, 0.2) is 30.3 Å².